The van der Waals surface area contributed by atoms with Crippen molar-refractivity contribution in [3.05, 3.63) is 59.7 Å². The third kappa shape index (κ3) is 7.63. The maximum absolute atomic E-state index is 12.7. The second-order valence-corrected chi connectivity index (χ2v) is 8.37. The Morgan fingerprint density at radius 1 is 0.818 bits per heavy atom. The van der Waals surface area contributed by atoms with Crippen LogP contribution in [0.25, 0.3) is 0 Å². The summed E-state index contributed by atoms with van der Waals surface area (Å²) in [6.07, 6.45) is 6.47. The van der Waals surface area contributed by atoms with Crippen LogP contribution in [0.4, 0.5) is 11.4 Å². The number of nitrogens with one attached hydrogen (secondary N) is 3. The zero-order chi connectivity index (χ0) is 23.5. The predicted octanol–water partition coefficient (Wildman–Crippen LogP) is 4.28. The highest BCUT2D eigenvalue weighted by Crippen LogP contribution is 2.16. The Balaban J connectivity index is 1.45. The van der Waals surface area contributed by atoms with Crippen LogP contribution in [-0.4, -0.2) is 48.8 Å². The maximum atomic E-state index is 12.7. The topological polar surface area (TPSA) is 90.5 Å². The Labute approximate surface area is 195 Å². The van der Waals surface area contributed by atoms with E-state index in [1.54, 1.807) is 48.5 Å². The molecule has 0 radical (unpaired) electrons. The molecule has 7 heteroatoms. The van der Waals surface area contributed by atoms with Crippen molar-refractivity contribution >= 4 is 29.1 Å². The summed E-state index contributed by atoms with van der Waals surface area (Å²) in [5.41, 5.74) is 2.64. The third-order valence-electron chi connectivity index (χ3n) is 5.72. The molecule has 1 aliphatic rings. The molecule has 1 fully saturated rings. The molecule has 0 spiro atoms. The van der Waals surface area contributed by atoms with Crippen LogP contribution in [0.3, 0.4) is 0 Å². The van der Waals surface area contributed by atoms with Crippen LogP contribution in [0.1, 0.15) is 66.2 Å². The van der Waals surface area contributed by atoms with Crippen molar-refractivity contribution in [3.63, 3.8) is 0 Å². The number of hydrogen-bond acceptors (Lipinski definition) is 4. The Bertz CT molecular complexity index is 918. The fraction of sp³-hybridized carbons (Fsp3) is 0.423. The number of unbranched alkanes of at least 4 members (excludes halogenated alkanes) is 1. The van der Waals surface area contributed by atoms with E-state index in [0.29, 0.717) is 23.4 Å². The third-order valence-corrected chi connectivity index (χ3v) is 5.72. The van der Waals surface area contributed by atoms with Gasteiger partial charge in [0.15, 0.2) is 0 Å². The van der Waals surface area contributed by atoms with Gasteiger partial charge in [0.05, 0.1) is 6.54 Å². The number of amides is 3. The Kier molecular flexibility index (Phi) is 9.30. The van der Waals surface area contributed by atoms with Gasteiger partial charge in [0.2, 0.25) is 5.91 Å². The van der Waals surface area contributed by atoms with Gasteiger partial charge in [-0.1, -0.05) is 26.2 Å². The van der Waals surface area contributed by atoms with Crippen molar-refractivity contribution in [1.82, 2.24) is 10.2 Å². The van der Waals surface area contributed by atoms with Gasteiger partial charge in [-0.2, -0.15) is 0 Å². The van der Waals surface area contributed by atoms with Crippen molar-refractivity contribution in [1.29, 1.82) is 0 Å². The second kappa shape index (κ2) is 12.6. The first kappa shape index (κ1) is 24.3. The number of carbonyl (C=O) groups excluding carboxylic acids is 3. The minimum absolute atomic E-state index is 0.0546. The number of benzene rings is 2. The fourth-order valence-corrected chi connectivity index (χ4v) is 3.76. The molecule has 2 aromatic rings. The van der Waals surface area contributed by atoms with Gasteiger partial charge >= 0.3 is 0 Å². The standard InChI is InChI=1S/C26H34N4O3/c1-2-3-16-27-25(32)20-8-12-22(13-9-20)28-19-24(31)29-23-14-10-21(11-15-23)26(33)30-17-6-4-5-7-18-30/h8-15,28H,2-7,16-19H2,1H3,(H,27,32)(H,29,31). The van der Waals surface area contributed by atoms with Crippen LogP contribution >= 0.6 is 0 Å². The summed E-state index contributed by atoms with van der Waals surface area (Å²) < 4.78 is 0. The first-order valence-corrected chi connectivity index (χ1v) is 11.9. The van der Waals surface area contributed by atoms with Crippen LogP contribution in [0.5, 0.6) is 0 Å². The fourth-order valence-electron chi connectivity index (χ4n) is 3.76. The smallest absolute Gasteiger partial charge is 0.253 e. The number of anilines is 2. The molecule has 0 saturated carbocycles. The van der Waals surface area contributed by atoms with Gasteiger partial charge in [-0.25, -0.2) is 0 Å². The largest absolute Gasteiger partial charge is 0.376 e. The summed E-state index contributed by atoms with van der Waals surface area (Å²) >= 11 is 0. The molecule has 7 nitrogen and oxygen atoms in total. The predicted molar refractivity (Wildman–Crippen MR) is 132 cm³/mol. The van der Waals surface area contributed by atoms with Crippen LogP contribution in [0, 0.1) is 0 Å². The molecule has 0 unspecified atom stereocenters. The summed E-state index contributed by atoms with van der Waals surface area (Å²) in [5.74, 6) is -0.229. The minimum Gasteiger partial charge on any atom is -0.376 e. The highest BCUT2D eigenvalue weighted by atomic mass is 16.2. The second-order valence-electron chi connectivity index (χ2n) is 8.37. The van der Waals surface area contributed by atoms with Crippen LogP contribution in [-0.2, 0) is 4.79 Å². The SMILES string of the molecule is CCCCNC(=O)c1ccc(NCC(=O)Nc2ccc(C(=O)N3CCCCCC3)cc2)cc1. The van der Waals surface area contributed by atoms with Gasteiger partial charge in [0.25, 0.3) is 11.8 Å². The summed E-state index contributed by atoms with van der Waals surface area (Å²) in [4.78, 5) is 39.0. The molecule has 3 rings (SSSR count). The summed E-state index contributed by atoms with van der Waals surface area (Å²) in [6, 6.07) is 14.1. The molecule has 176 valence electrons. The van der Waals surface area contributed by atoms with E-state index < -0.39 is 0 Å². The molecule has 33 heavy (non-hydrogen) atoms. The zero-order valence-corrected chi connectivity index (χ0v) is 19.4. The molecular weight excluding hydrogens is 416 g/mol. The van der Waals surface area contributed by atoms with Crippen molar-refractivity contribution < 1.29 is 14.4 Å². The van der Waals surface area contributed by atoms with E-state index in [4.69, 9.17) is 0 Å². The first-order chi connectivity index (χ1) is 16.1. The monoisotopic (exact) mass is 450 g/mol. The van der Waals surface area contributed by atoms with Gasteiger partial charge in [-0.15, -0.1) is 0 Å². The highest BCUT2D eigenvalue weighted by molar-refractivity contribution is 5.97. The lowest BCUT2D eigenvalue weighted by atomic mass is 10.1. The van der Waals surface area contributed by atoms with Crippen molar-refractivity contribution in [3.8, 4) is 0 Å². The van der Waals surface area contributed by atoms with E-state index in [2.05, 4.69) is 22.9 Å². The molecule has 3 N–H and O–H groups in total. The Morgan fingerprint density at radius 2 is 1.42 bits per heavy atom. The molecular formula is C26H34N4O3. The molecule has 0 aromatic heterocycles. The number of likely N-dealkylation sites (tertiary alicyclic amines) is 1. The molecule has 0 bridgehead atoms. The zero-order valence-electron chi connectivity index (χ0n) is 19.4. The lowest BCUT2D eigenvalue weighted by Gasteiger charge is -2.20. The maximum Gasteiger partial charge on any atom is 0.253 e. The van der Waals surface area contributed by atoms with Gasteiger partial charge in [0, 0.05) is 42.1 Å². The lowest BCUT2D eigenvalue weighted by Crippen LogP contribution is -2.31. The van der Waals surface area contributed by atoms with Gasteiger partial charge in [-0.05, 0) is 67.8 Å². The number of rotatable bonds is 9. The number of carbonyl (C=O) groups is 3. The van der Waals surface area contributed by atoms with Gasteiger partial charge in [0.1, 0.15) is 0 Å². The van der Waals surface area contributed by atoms with E-state index >= 15 is 0 Å². The van der Waals surface area contributed by atoms with Crippen LogP contribution < -0.4 is 16.0 Å². The molecule has 2 aromatic carbocycles. The average molecular weight is 451 g/mol. The first-order valence-electron chi connectivity index (χ1n) is 11.9. The average Bonchev–Trinajstić information content (AvgIpc) is 3.13. The molecule has 1 aliphatic heterocycles. The normalized spacial score (nSPS) is 13.7. The molecule has 3 amide bonds. The van der Waals surface area contributed by atoms with E-state index in [1.165, 1.54) is 12.8 Å². The summed E-state index contributed by atoms with van der Waals surface area (Å²) in [5, 5.41) is 8.77. The van der Waals surface area contributed by atoms with Crippen LogP contribution in [0.2, 0.25) is 0 Å². The summed E-state index contributed by atoms with van der Waals surface area (Å²) in [6.45, 7) is 4.47. The molecule has 1 saturated heterocycles. The number of nitrogens with zero attached hydrogens (tertiary/aromatic N) is 1. The van der Waals surface area contributed by atoms with Gasteiger partial charge < -0.3 is 20.9 Å². The van der Waals surface area contributed by atoms with Crippen molar-refractivity contribution in [2.45, 2.75) is 45.4 Å². The molecule has 1 heterocycles. The van der Waals surface area contributed by atoms with E-state index in [0.717, 1.165) is 44.5 Å². The highest BCUT2D eigenvalue weighted by Gasteiger charge is 2.17. The molecule has 0 aliphatic carbocycles. The Morgan fingerprint density at radius 3 is 2.06 bits per heavy atom. The summed E-state index contributed by atoms with van der Waals surface area (Å²) in [7, 11) is 0. The van der Waals surface area contributed by atoms with E-state index in [-0.39, 0.29) is 24.3 Å². The van der Waals surface area contributed by atoms with Gasteiger partial charge in [-0.3, -0.25) is 14.4 Å². The van der Waals surface area contributed by atoms with E-state index in [1.807, 2.05) is 4.90 Å². The quantitative estimate of drug-likeness (QED) is 0.497. The Hall–Kier alpha value is -3.35. The minimum atomic E-state index is -0.192. The van der Waals surface area contributed by atoms with Crippen molar-refractivity contribution in [2.24, 2.45) is 0 Å². The molecule has 0 atom stereocenters. The van der Waals surface area contributed by atoms with Crippen LogP contribution in [0.15, 0.2) is 48.5 Å². The van der Waals surface area contributed by atoms with Crippen molar-refractivity contribution in [2.75, 3.05) is 36.8 Å². The van der Waals surface area contributed by atoms with E-state index in [9.17, 15) is 14.4 Å². The lowest BCUT2D eigenvalue weighted by molar-refractivity contribution is -0.114. The number of hydrogen-bond donors (Lipinski definition) is 3.